The Morgan fingerprint density at radius 3 is 2.50 bits per heavy atom. The number of hydrogen-bond donors (Lipinski definition) is 1. The third kappa shape index (κ3) is 4.17. The maximum Gasteiger partial charge on any atom is 0.266 e. The Morgan fingerprint density at radius 2 is 2.05 bits per heavy atom. The second-order valence-electron chi connectivity index (χ2n) is 4.47. The molecule has 0 fully saturated rings. The highest BCUT2D eigenvalue weighted by Crippen LogP contribution is 2.21. The molecule has 7 nitrogen and oxygen atoms in total. The Morgan fingerprint density at radius 1 is 1.40 bits per heavy atom. The van der Waals surface area contributed by atoms with Crippen molar-refractivity contribution in [2.24, 2.45) is 0 Å². The lowest BCUT2D eigenvalue weighted by Crippen LogP contribution is -2.41. The van der Waals surface area contributed by atoms with Gasteiger partial charge in [-0.2, -0.15) is 0 Å². The van der Waals surface area contributed by atoms with Gasteiger partial charge in [-0.15, -0.1) is 0 Å². The molecule has 0 aliphatic heterocycles. The standard InChI is InChI=1S/C12H20N4O3S/c1-8-10(20-12(13)14-8)11(18)16(5-6-19-4)7-9(17)15(2)3/h5-7H2,1-4H3,(H2,13,14). The van der Waals surface area contributed by atoms with Gasteiger partial charge in [0.15, 0.2) is 5.13 Å². The highest BCUT2D eigenvalue weighted by atomic mass is 32.1. The Hall–Kier alpha value is -1.67. The van der Waals surface area contributed by atoms with E-state index in [0.29, 0.717) is 28.9 Å². The molecule has 0 radical (unpaired) electrons. The lowest BCUT2D eigenvalue weighted by molar-refractivity contribution is -0.129. The molecule has 0 bridgehead atoms. The first-order valence-corrected chi connectivity index (χ1v) is 6.89. The van der Waals surface area contributed by atoms with E-state index in [-0.39, 0.29) is 18.4 Å². The molecule has 112 valence electrons. The summed E-state index contributed by atoms with van der Waals surface area (Å²) >= 11 is 1.13. The molecule has 1 aromatic heterocycles. The summed E-state index contributed by atoms with van der Waals surface area (Å²) < 4.78 is 4.98. The Bertz CT molecular complexity index is 487. The number of aryl methyl sites for hydroxylation is 1. The number of thiazole rings is 1. The lowest BCUT2D eigenvalue weighted by atomic mass is 10.3. The van der Waals surface area contributed by atoms with Gasteiger partial charge in [0, 0.05) is 27.7 Å². The summed E-state index contributed by atoms with van der Waals surface area (Å²) in [5.74, 6) is -0.395. The summed E-state index contributed by atoms with van der Waals surface area (Å²) in [5.41, 5.74) is 6.18. The van der Waals surface area contributed by atoms with Crippen LogP contribution in [0.4, 0.5) is 5.13 Å². The van der Waals surface area contributed by atoms with E-state index in [9.17, 15) is 9.59 Å². The van der Waals surface area contributed by atoms with Crippen molar-refractivity contribution in [3.8, 4) is 0 Å². The van der Waals surface area contributed by atoms with Gasteiger partial charge in [-0.25, -0.2) is 4.98 Å². The molecule has 0 aliphatic rings. The first-order valence-electron chi connectivity index (χ1n) is 6.08. The van der Waals surface area contributed by atoms with E-state index in [0.717, 1.165) is 11.3 Å². The normalized spacial score (nSPS) is 10.4. The summed E-state index contributed by atoms with van der Waals surface area (Å²) in [6, 6.07) is 0. The van der Waals surface area contributed by atoms with Gasteiger partial charge in [-0.1, -0.05) is 11.3 Å². The molecule has 0 unspecified atom stereocenters. The van der Waals surface area contributed by atoms with Crippen LogP contribution in [0.15, 0.2) is 0 Å². The summed E-state index contributed by atoms with van der Waals surface area (Å²) in [4.78, 5) is 31.6. The SMILES string of the molecule is COCCN(CC(=O)N(C)C)C(=O)c1sc(N)nc1C. The van der Waals surface area contributed by atoms with Crippen LogP contribution in [0.25, 0.3) is 0 Å². The molecule has 2 amide bonds. The zero-order chi connectivity index (χ0) is 15.3. The van der Waals surface area contributed by atoms with E-state index in [4.69, 9.17) is 10.5 Å². The molecule has 0 saturated carbocycles. The van der Waals surface area contributed by atoms with Crippen molar-refractivity contribution in [2.75, 3.05) is 46.6 Å². The fourth-order valence-electron chi connectivity index (χ4n) is 1.52. The lowest BCUT2D eigenvalue weighted by Gasteiger charge is -2.23. The Balaban J connectivity index is 2.89. The van der Waals surface area contributed by atoms with Crippen LogP contribution in [0, 0.1) is 6.92 Å². The third-order valence-electron chi connectivity index (χ3n) is 2.68. The number of likely N-dealkylation sites (N-methyl/N-ethyl adjacent to an activating group) is 1. The van der Waals surface area contributed by atoms with Gasteiger partial charge in [0.05, 0.1) is 12.3 Å². The third-order valence-corrected chi connectivity index (χ3v) is 3.66. The molecule has 0 aromatic carbocycles. The zero-order valence-corrected chi connectivity index (χ0v) is 13.0. The average Bonchev–Trinajstić information content (AvgIpc) is 2.72. The van der Waals surface area contributed by atoms with Crippen LogP contribution < -0.4 is 5.73 Å². The smallest absolute Gasteiger partial charge is 0.266 e. The van der Waals surface area contributed by atoms with Crippen LogP contribution in [-0.2, 0) is 9.53 Å². The van der Waals surface area contributed by atoms with Crippen LogP contribution in [0.5, 0.6) is 0 Å². The number of carbonyl (C=O) groups excluding carboxylic acids is 2. The van der Waals surface area contributed by atoms with Gasteiger partial charge in [0.25, 0.3) is 5.91 Å². The van der Waals surface area contributed by atoms with Crippen molar-refractivity contribution in [1.29, 1.82) is 0 Å². The van der Waals surface area contributed by atoms with Crippen molar-refractivity contribution >= 4 is 28.3 Å². The second kappa shape index (κ2) is 7.20. The maximum absolute atomic E-state index is 12.5. The number of nitrogens with zero attached hydrogens (tertiary/aromatic N) is 3. The van der Waals surface area contributed by atoms with E-state index in [1.54, 1.807) is 28.1 Å². The molecule has 0 aliphatic carbocycles. The van der Waals surface area contributed by atoms with Crippen LogP contribution >= 0.6 is 11.3 Å². The summed E-state index contributed by atoms with van der Waals surface area (Å²) in [6.45, 7) is 2.43. The minimum absolute atomic E-state index is 0.00639. The fourth-order valence-corrected chi connectivity index (χ4v) is 2.32. The predicted octanol–water partition coefficient (Wildman–Crippen LogP) is 0.211. The number of aromatic nitrogens is 1. The number of rotatable bonds is 6. The Labute approximate surface area is 122 Å². The summed E-state index contributed by atoms with van der Waals surface area (Å²) in [6.07, 6.45) is 0. The number of carbonyl (C=O) groups is 2. The van der Waals surface area contributed by atoms with Crippen molar-refractivity contribution in [3.63, 3.8) is 0 Å². The molecular formula is C12H20N4O3S. The van der Waals surface area contributed by atoms with Gasteiger partial charge >= 0.3 is 0 Å². The van der Waals surface area contributed by atoms with Gasteiger partial charge in [0.2, 0.25) is 5.91 Å². The molecule has 2 N–H and O–H groups in total. The first-order chi connectivity index (χ1) is 9.36. The number of amides is 2. The predicted molar refractivity (Wildman–Crippen MR) is 77.7 cm³/mol. The minimum Gasteiger partial charge on any atom is -0.383 e. The highest BCUT2D eigenvalue weighted by Gasteiger charge is 2.23. The highest BCUT2D eigenvalue weighted by molar-refractivity contribution is 7.17. The van der Waals surface area contributed by atoms with Crippen molar-refractivity contribution in [1.82, 2.24) is 14.8 Å². The number of methoxy groups -OCH3 is 1. The molecule has 0 atom stereocenters. The number of nitrogens with two attached hydrogens (primary N) is 1. The number of hydrogen-bond acceptors (Lipinski definition) is 6. The van der Waals surface area contributed by atoms with Gasteiger partial charge in [-0.3, -0.25) is 9.59 Å². The van der Waals surface area contributed by atoms with Crippen molar-refractivity contribution < 1.29 is 14.3 Å². The molecule has 20 heavy (non-hydrogen) atoms. The molecule has 1 heterocycles. The van der Waals surface area contributed by atoms with E-state index < -0.39 is 0 Å². The zero-order valence-electron chi connectivity index (χ0n) is 12.2. The number of ether oxygens (including phenoxy) is 1. The summed E-state index contributed by atoms with van der Waals surface area (Å²) in [7, 11) is 4.85. The average molecular weight is 300 g/mol. The van der Waals surface area contributed by atoms with Gasteiger partial charge in [-0.05, 0) is 6.92 Å². The molecule has 1 rings (SSSR count). The molecule has 8 heteroatoms. The molecule has 0 spiro atoms. The van der Waals surface area contributed by atoms with Gasteiger partial charge < -0.3 is 20.3 Å². The maximum atomic E-state index is 12.5. The second-order valence-corrected chi connectivity index (χ2v) is 5.50. The summed E-state index contributed by atoms with van der Waals surface area (Å²) in [5, 5.41) is 0.344. The van der Waals surface area contributed by atoms with Crippen LogP contribution in [-0.4, -0.2) is 67.5 Å². The van der Waals surface area contributed by atoms with E-state index in [1.165, 1.54) is 9.80 Å². The molecular weight excluding hydrogens is 280 g/mol. The molecule has 1 aromatic rings. The van der Waals surface area contributed by atoms with Crippen LogP contribution in [0.3, 0.4) is 0 Å². The van der Waals surface area contributed by atoms with Crippen molar-refractivity contribution in [3.05, 3.63) is 10.6 Å². The fraction of sp³-hybridized carbons (Fsp3) is 0.583. The van der Waals surface area contributed by atoms with Gasteiger partial charge in [0.1, 0.15) is 11.4 Å². The van der Waals surface area contributed by atoms with E-state index >= 15 is 0 Å². The quantitative estimate of drug-likeness (QED) is 0.811. The minimum atomic E-state index is -0.246. The Kier molecular flexibility index (Phi) is 5.90. The monoisotopic (exact) mass is 300 g/mol. The van der Waals surface area contributed by atoms with E-state index in [1.807, 2.05) is 0 Å². The topological polar surface area (TPSA) is 88.8 Å². The number of anilines is 1. The van der Waals surface area contributed by atoms with E-state index in [2.05, 4.69) is 4.98 Å². The first kappa shape index (κ1) is 16.4. The van der Waals surface area contributed by atoms with Crippen molar-refractivity contribution in [2.45, 2.75) is 6.92 Å². The largest absolute Gasteiger partial charge is 0.383 e. The van der Waals surface area contributed by atoms with Crippen LogP contribution in [0.1, 0.15) is 15.4 Å². The van der Waals surface area contributed by atoms with Crippen LogP contribution in [0.2, 0.25) is 0 Å². The number of nitrogen functional groups attached to an aromatic ring is 1. The molecule has 0 saturated heterocycles.